The number of amides is 1. The van der Waals surface area contributed by atoms with Gasteiger partial charge in [-0.25, -0.2) is 4.98 Å². The Balaban J connectivity index is 1.31. The molecule has 3 saturated heterocycles. The Morgan fingerprint density at radius 1 is 1.29 bits per heavy atom. The molecule has 1 aromatic rings. The van der Waals surface area contributed by atoms with Gasteiger partial charge in [-0.05, 0) is 19.3 Å². The first-order valence-corrected chi connectivity index (χ1v) is 11.0. The number of aromatic nitrogens is 1. The number of hydrogen-bond donors (Lipinski definition) is 0. The second-order valence-corrected chi connectivity index (χ2v) is 9.21. The minimum absolute atomic E-state index is 0.0300. The summed E-state index contributed by atoms with van der Waals surface area (Å²) < 4.78 is 11.8. The van der Waals surface area contributed by atoms with Crippen molar-refractivity contribution in [2.75, 3.05) is 25.1 Å². The molecule has 7 nitrogen and oxygen atoms in total. The van der Waals surface area contributed by atoms with Gasteiger partial charge in [-0.2, -0.15) is 5.26 Å². The lowest BCUT2D eigenvalue weighted by Crippen LogP contribution is -2.53. The van der Waals surface area contributed by atoms with Crippen molar-refractivity contribution < 1.29 is 14.3 Å². The summed E-state index contributed by atoms with van der Waals surface area (Å²) in [5.41, 5.74) is -0.334. The van der Waals surface area contributed by atoms with Crippen LogP contribution in [-0.4, -0.2) is 53.9 Å². The zero-order valence-electron chi connectivity index (χ0n) is 18.1. The highest BCUT2D eigenvalue weighted by molar-refractivity contribution is 5.88. The number of hydrogen-bond acceptors (Lipinski definition) is 6. The third kappa shape index (κ3) is 3.12. The Bertz CT molecular complexity index is 989. The van der Waals surface area contributed by atoms with Crippen LogP contribution in [0, 0.1) is 16.7 Å². The lowest BCUT2D eigenvalue weighted by Gasteiger charge is -2.40. The normalized spacial score (nSPS) is 31.2. The second kappa shape index (κ2) is 7.38. The van der Waals surface area contributed by atoms with E-state index in [9.17, 15) is 10.1 Å². The van der Waals surface area contributed by atoms with Gasteiger partial charge in [0.25, 0.3) is 5.91 Å². The molecular weight excluding hydrogens is 392 g/mol. The van der Waals surface area contributed by atoms with E-state index in [1.54, 1.807) is 19.4 Å². The van der Waals surface area contributed by atoms with Gasteiger partial charge >= 0.3 is 0 Å². The highest BCUT2D eigenvalue weighted by atomic mass is 16.6. The molecule has 0 aromatic carbocycles. The number of allylic oxidation sites excluding steroid dienone is 3. The maximum Gasteiger partial charge on any atom is 0.257 e. The number of carbonyl (C=O) groups excluding carboxylic acids is 1. The van der Waals surface area contributed by atoms with Crippen molar-refractivity contribution in [2.45, 2.75) is 56.9 Å². The molecule has 1 aromatic heterocycles. The van der Waals surface area contributed by atoms with Crippen LogP contribution in [0.25, 0.3) is 0 Å². The van der Waals surface area contributed by atoms with E-state index in [-0.39, 0.29) is 23.6 Å². The van der Waals surface area contributed by atoms with Crippen LogP contribution in [0.1, 0.15) is 44.6 Å². The maximum atomic E-state index is 13.7. The lowest BCUT2D eigenvalue weighted by molar-refractivity contribution is -0.141. The van der Waals surface area contributed by atoms with E-state index < -0.39 is 5.60 Å². The van der Waals surface area contributed by atoms with Crippen molar-refractivity contribution in [1.82, 2.24) is 9.88 Å². The summed E-state index contributed by atoms with van der Waals surface area (Å²) in [6.07, 6.45) is 14.2. The molecule has 0 bridgehead atoms. The largest absolute Gasteiger partial charge is 0.495 e. The molecule has 1 unspecified atom stereocenters. The van der Waals surface area contributed by atoms with E-state index >= 15 is 0 Å². The fourth-order valence-electron chi connectivity index (χ4n) is 5.63. The minimum atomic E-state index is -0.721. The molecule has 162 valence electrons. The van der Waals surface area contributed by atoms with Gasteiger partial charge in [-0.3, -0.25) is 4.79 Å². The van der Waals surface area contributed by atoms with E-state index in [0.29, 0.717) is 37.2 Å². The van der Waals surface area contributed by atoms with Crippen molar-refractivity contribution in [3.05, 3.63) is 42.1 Å². The van der Waals surface area contributed by atoms with E-state index in [1.807, 2.05) is 0 Å². The predicted molar refractivity (Wildman–Crippen MR) is 115 cm³/mol. The van der Waals surface area contributed by atoms with E-state index in [1.165, 1.54) is 0 Å². The first-order valence-electron chi connectivity index (χ1n) is 11.0. The van der Waals surface area contributed by atoms with Crippen molar-refractivity contribution in [2.24, 2.45) is 5.41 Å². The first-order chi connectivity index (χ1) is 15.0. The van der Waals surface area contributed by atoms with E-state index in [0.717, 1.165) is 25.1 Å². The Hall–Kier alpha value is -2.85. The SMILES string of the molecule is COc1cc(N2CCC3(CC2)O[C@@H]2CC[C@@H](C4(C)C=CC=CC4)N2C3=O)ncc1C#N. The zero-order chi connectivity index (χ0) is 21.6. The molecule has 4 heterocycles. The highest BCUT2D eigenvalue weighted by Gasteiger charge is 2.60. The fourth-order valence-corrected chi connectivity index (χ4v) is 5.63. The molecule has 4 aliphatic rings. The van der Waals surface area contributed by atoms with Gasteiger partial charge in [0.2, 0.25) is 0 Å². The zero-order valence-corrected chi connectivity index (χ0v) is 18.1. The Morgan fingerprint density at radius 2 is 2.10 bits per heavy atom. The number of ether oxygens (including phenoxy) is 2. The molecule has 0 saturated carbocycles. The van der Waals surface area contributed by atoms with Gasteiger partial charge in [0.1, 0.15) is 29.4 Å². The number of carbonyl (C=O) groups is 1. The Labute approximate surface area is 182 Å². The summed E-state index contributed by atoms with van der Waals surface area (Å²) in [7, 11) is 1.55. The summed E-state index contributed by atoms with van der Waals surface area (Å²) in [4.78, 5) is 22.3. The van der Waals surface area contributed by atoms with Gasteiger partial charge in [-0.15, -0.1) is 0 Å². The van der Waals surface area contributed by atoms with Crippen molar-refractivity contribution >= 4 is 11.7 Å². The molecule has 31 heavy (non-hydrogen) atoms. The number of pyridine rings is 1. The Kier molecular flexibility index (Phi) is 4.78. The highest BCUT2D eigenvalue weighted by Crippen LogP contribution is 2.49. The standard InChI is InChI=1S/C24H28N4O3/c1-23(8-4-3-5-9-23)19-6-7-21-28(19)22(29)24(31-21)10-12-27(13-11-24)20-14-18(30-2)17(15-25)16-26-20/h3-5,8,14,16,19,21H,6-7,9-13H2,1-2H3/t19-,21+,23?/m0/s1. The monoisotopic (exact) mass is 420 g/mol. The molecule has 1 aliphatic carbocycles. The molecular formula is C24H28N4O3. The molecule has 3 fully saturated rings. The second-order valence-electron chi connectivity index (χ2n) is 9.21. The van der Waals surface area contributed by atoms with Crippen LogP contribution in [0.5, 0.6) is 5.75 Å². The molecule has 3 atom stereocenters. The lowest BCUT2D eigenvalue weighted by atomic mass is 9.75. The summed E-state index contributed by atoms with van der Waals surface area (Å²) in [6, 6.07) is 4.08. The number of methoxy groups -OCH3 is 1. The summed E-state index contributed by atoms with van der Waals surface area (Å²) >= 11 is 0. The van der Waals surface area contributed by atoms with Crippen molar-refractivity contribution in [3.8, 4) is 11.8 Å². The quantitative estimate of drug-likeness (QED) is 0.747. The average molecular weight is 421 g/mol. The van der Waals surface area contributed by atoms with E-state index in [2.05, 4.69) is 52.1 Å². The predicted octanol–water partition coefficient (Wildman–Crippen LogP) is 3.17. The van der Waals surface area contributed by atoms with Crippen LogP contribution in [0.2, 0.25) is 0 Å². The van der Waals surface area contributed by atoms with E-state index in [4.69, 9.17) is 9.47 Å². The van der Waals surface area contributed by atoms with Gasteiger partial charge in [-0.1, -0.05) is 31.2 Å². The summed E-state index contributed by atoms with van der Waals surface area (Å²) in [5.74, 6) is 1.45. The first kappa shape index (κ1) is 20.1. The number of nitrogens with zero attached hydrogens (tertiary/aromatic N) is 4. The molecule has 0 radical (unpaired) electrons. The van der Waals surface area contributed by atoms with Crippen LogP contribution in [0.15, 0.2) is 36.6 Å². The van der Waals surface area contributed by atoms with Crippen LogP contribution in [0.3, 0.4) is 0 Å². The molecule has 5 rings (SSSR count). The number of rotatable bonds is 3. The average Bonchev–Trinajstić information content (AvgIpc) is 3.33. The van der Waals surface area contributed by atoms with Gasteiger partial charge in [0.05, 0.1) is 13.3 Å². The van der Waals surface area contributed by atoms with Gasteiger partial charge in [0, 0.05) is 43.5 Å². The molecule has 3 aliphatic heterocycles. The Morgan fingerprint density at radius 3 is 2.77 bits per heavy atom. The third-order valence-electron chi connectivity index (χ3n) is 7.45. The molecule has 0 N–H and O–H groups in total. The number of piperidine rings is 1. The maximum absolute atomic E-state index is 13.7. The van der Waals surface area contributed by atoms with Gasteiger partial charge < -0.3 is 19.3 Å². The topological polar surface area (TPSA) is 78.7 Å². The van der Waals surface area contributed by atoms with Crippen molar-refractivity contribution in [1.29, 1.82) is 5.26 Å². The van der Waals surface area contributed by atoms with Gasteiger partial charge in [0.15, 0.2) is 5.60 Å². The molecule has 1 spiro atoms. The summed E-state index contributed by atoms with van der Waals surface area (Å²) in [6.45, 7) is 3.61. The van der Waals surface area contributed by atoms with Crippen molar-refractivity contribution in [3.63, 3.8) is 0 Å². The van der Waals surface area contributed by atoms with Crippen LogP contribution >= 0.6 is 0 Å². The smallest absolute Gasteiger partial charge is 0.257 e. The third-order valence-corrected chi connectivity index (χ3v) is 7.45. The number of fused-ring (bicyclic) bond motifs is 1. The minimum Gasteiger partial charge on any atom is -0.495 e. The number of anilines is 1. The van der Waals surface area contributed by atoms with Crippen LogP contribution in [0.4, 0.5) is 5.82 Å². The fraction of sp³-hybridized carbons (Fsp3) is 0.542. The number of nitriles is 1. The molecule has 1 amide bonds. The van der Waals surface area contributed by atoms with Crippen LogP contribution < -0.4 is 9.64 Å². The van der Waals surface area contributed by atoms with Crippen LogP contribution in [-0.2, 0) is 9.53 Å². The molecule has 7 heteroatoms. The summed E-state index contributed by atoms with van der Waals surface area (Å²) in [5, 5.41) is 9.18.